The molecule has 1 aliphatic heterocycles. The van der Waals surface area contributed by atoms with Gasteiger partial charge in [-0.3, -0.25) is 19.5 Å². The van der Waals surface area contributed by atoms with Gasteiger partial charge in [0.1, 0.15) is 17.6 Å². The first-order valence-electron chi connectivity index (χ1n) is 11.8. The second kappa shape index (κ2) is 9.71. The topological polar surface area (TPSA) is 130 Å². The number of pyridine rings is 1. The number of carboxylic acids is 1. The van der Waals surface area contributed by atoms with Gasteiger partial charge in [0.25, 0.3) is 5.78 Å². The van der Waals surface area contributed by atoms with E-state index in [1.54, 1.807) is 42.5 Å². The van der Waals surface area contributed by atoms with Gasteiger partial charge in [-0.2, -0.15) is 0 Å². The van der Waals surface area contributed by atoms with Crippen LogP contribution in [0.5, 0.6) is 5.75 Å². The summed E-state index contributed by atoms with van der Waals surface area (Å²) in [6, 6.07) is 13.5. The summed E-state index contributed by atoms with van der Waals surface area (Å²) in [5, 5.41) is 20.9. The number of ether oxygens (including phenoxy) is 1. The van der Waals surface area contributed by atoms with Crippen molar-refractivity contribution in [1.29, 1.82) is 0 Å². The van der Waals surface area contributed by atoms with Gasteiger partial charge >= 0.3 is 11.9 Å². The zero-order valence-corrected chi connectivity index (χ0v) is 21.5. The molecule has 0 spiro atoms. The number of aromatic nitrogens is 2. The van der Waals surface area contributed by atoms with Gasteiger partial charge in [-0.15, -0.1) is 0 Å². The third-order valence-corrected chi connectivity index (χ3v) is 7.07. The van der Waals surface area contributed by atoms with Gasteiger partial charge < -0.3 is 14.9 Å². The van der Waals surface area contributed by atoms with Crippen molar-refractivity contribution in [3.05, 3.63) is 88.8 Å². The number of carbonyl (C=O) groups excluding carboxylic acids is 2. The molecule has 5 rings (SSSR count). The van der Waals surface area contributed by atoms with Crippen molar-refractivity contribution in [1.82, 2.24) is 9.97 Å². The lowest BCUT2D eigenvalue weighted by atomic mass is 9.97. The van der Waals surface area contributed by atoms with Crippen LogP contribution in [0.2, 0.25) is 0 Å². The maximum Gasteiger partial charge on any atom is 0.335 e. The number of rotatable bonds is 6. The van der Waals surface area contributed by atoms with Crippen molar-refractivity contribution in [3.8, 4) is 5.75 Å². The molecule has 1 atom stereocenters. The molecule has 2 N–H and O–H groups in total. The van der Waals surface area contributed by atoms with E-state index >= 15 is 0 Å². The number of ketones is 1. The molecule has 1 unspecified atom stereocenters. The zero-order valence-electron chi connectivity index (χ0n) is 20.7. The third kappa shape index (κ3) is 4.39. The van der Waals surface area contributed by atoms with Crippen LogP contribution in [-0.2, 0) is 9.59 Å². The number of Topliss-reactive ketones (excluding diaryl/α,β-unsaturated/α-hetero) is 1. The van der Waals surface area contributed by atoms with E-state index in [2.05, 4.69) is 9.97 Å². The summed E-state index contributed by atoms with van der Waals surface area (Å²) in [4.78, 5) is 48.3. The average molecular weight is 530 g/mol. The number of aliphatic hydroxyl groups is 1. The number of carboxylic acid groups (broad SMARTS) is 1. The van der Waals surface area contributed by atoms with Crippen LogP contribution in [0.15, 0.2) is 66.4 Å². The second-order valence-electron chi connectivity index (χ2n) is 9.05. The molecule has 38 heavy (non-hydrogen) atoms. The fourth-order valence-electron chi connectivity index (χ4n) is 4.33. The Morgan fingerprint density at radius 3 is 2.47 bits per heavy atom. The van der Waals surface area contributed by atoms with Crippen LogP contribution in [-0.4, -0.2) is 43.9 Å². The number of hydrogen-bond donors (Lipinski definition) is 2. The molecular formula is C28H23N3O6S. The minimum atomic E-state index is -1.09. The highest BCUT2D eigenvalue weighted by Crippen LogP contribution is 2.44. The molecule has 2 aromatic heterocycles. The van der Waals surface area contributed by atoms with Crippen LogP contribution >= 0.6 is 11.3 Å². The molecule has 0 bridgehead atoms. The molecule has 2 aromatic carbocycles. The van der Waals surface area contributed by atoms with Crippen molar-refractivity contribution in [2.24, 2.45) is 0 Å². The second-order valence-corrected chi connectivity index (χ2v) is 10.1. The van der Waals surface area contributed by atoms with Crippen molar-refractivity contribution in [2.75, 3.05) is 4.90 Å². The highest BCUT2D eigenvalue weighted by molar-refractivity contribution is 7.22. The van der Waals surface area contributed by atoms with Gasteiger partial charge in [0.2, 0.25) is 0 Å². The number of fused-ring (bicyclic) bond motifs is 1. The van der Waals surface area contributed by atoms with E-state index in [4.69, 9.17) is 4.74 Å². The monoisotopic (exact) mass is 529 g/mol. The van der Waals surface area contributed by atoms with Crippen LogP contribution in [0, 0.1) is 6.92 Å². The standard InChI is InChI=1S/C28H23N3O6S/c1-14(2)37-20-10-8-16(12-15(20)3)24(32)22-23(19-6-4-5-11-29-19)31(26(34)25(22)33)28-30-18-9-7-17(27(35)36)13-21(18)38-28/h4-14,23,32H,1-3H3,(H,35,36)/b24-22+. The van der Waals surface area contributed by atoms with E-state index in [-0.39, 0.29) is 28.1 Å². The number of nitrogens with zero attached hydrogens (tertiary/aromatic N) is 3. The maximum absolute atomic E-state index is 13.4. The molecular weight excluding hydrogens is 506 g/mol. The van der Waals surface area contributed by atoms with Crippen molar-refractivity contribution >= 4 is 50.1 Å². The number of aromatic carboxylic acids is 1. The first kappa shape index (κ1) is 25.1. The molecule has 0 aliphatic carbocycles. The summed E-state index contributed by atoms with van der Waals surface area (Å²) in [6.07, 6.45) is 1.50. The summed E-state index contributed by atoms with van der Waals surface area (Å²) in [7, 11) is 0. The Hall–Kier alpha value is -4.57. The van der Waals surface area contributed by atoms with Gasteiger partial charge in [0.05, 0.1) is 33.2 Å². The Bertz CT molecular complexity index is 1630. The average Bonchev–Trinajstić information content (AvgIpc) is 3.42. The lowest BCUT2D eigenvalue weighted by Gasteiger charge is -2.22. The van der Waals surface area contributed by atoms with E-state index in [0.29, 0.717) is 27.2 Å². The number of anilines is 1. The molecule has 3 heterocycles. The molecule has 4 aromatic rings. The predicted octanol–water partition coefficient (Wildman–Crippen LogP) is 5.11. The molecule has 0 saturated carbocycles. The van der Waals surface area contributed by atoms with Crippen LogP contribution in [0.1, 0.15) is 47.1 Å². The Kier molecular flexibility index (Phi) is 6.41. The Labute approximate surface area is 221 Å². The van der Waals surface area contributed by atoms with Gasteiger partial charge in [-0.05, 0) is 74.9 Å². The number of hydrogen-bond acceptors (Lipinski definition) is 8. The van der Waals surface area contributed by atoms with Crippen LogP contribution in [0.4, 0.5) is 5.13 Å². The fourth-order valence-corrected chi connectivity index (χ4v) is 5.37. The minimum Gasteiger partial charge on any atom is -0.507 e. The first-order chi connectivity index (χ1) is 18.2. The number of aryl methyl sites for hydroxylation is 1. The normalized spacial score (nSPS) is 16.9. The molecule has 1 fully saturated rings. The molecule has 1 saturated heterocycles. The summed E-state index contributed by atoms with van der Waals surface area (Å²) < 4.78 is 6.32. The van der Waals surface area contributed by atoms with E-state index in [1.807, 2.05) is 20.8 Å². The Morgan fingerprint density at radius 2 is 1.82 bits per heavy atom. The number of amides is 1. The van der Waals surface area contributed by atoms with E-state index in [9.17, 15) is 24.6 Å². The molecule has 1 aliphatic rings. The number of aliphatic hydroxyl groups excluding tert-OH is 1. The lowest BCUT2D eigenvalue weighted by Crippen LogP contribution is -2.29. The summed E-state index contributed by atoms with van der Waals surface area (Å²) in [5.41, 5.74) is 1.93. The van der Waals surface area contributed by atoms with Crippen LogP contribution in [0.3, 0.4) is 0 Å². The molecule has 1 amide bonds. The number of thiazole rings is 1. The van der Waals surface area contributed by atoms with E-state index in [1.165, 1.54) is 23.2 Å². The quantitative estimate of drug-likeness (QED) is 0.200. The van der Waals surface area contributed by atoms with Gasteiger partial charge in [-0.25, -0.2) is 9.78 Å². The summed E-state index contributed by atoms with van der Waals surface area (Å²) in [6.45, 7) is 5.65. The van der Waals surface area contributed by atoms with Gasteiger partial charge in [-0.1, -0.05) is 17.4 Å². The fraction of sp³-hybridized carbons (Fsp3) is 0.179. The lowest BCUT2D eigenvalue weighted by molar-refractivity contribution is -0.132. The van der Waals surface area contributed by atoms with Gasteiger partial charge in [0.15, 0.2) is 5.13 Å². The first-order valence-corrected chi connectivity index (χ1v) is 12.6. The number of benzene rings is 2. The summed E-state index contributed by atoms with van der Waals surface area (Å²) >= 11 is 1.08. The van der Waals surface area contributed by atoms with Crippen LogP contribution < -0.4 is 9.64 Å². The SMILES string of the molecule is Cc1cc(/C(O)=C2\C(=O)C(=O)N(c3nc4ccc(C(=O)O)cc4s3)C2c2ccccn2)ccc1OC(C)C. The van der Waals surface area contributed by atoms with E-state index in [0.717, 1.165) is 16.9 Å². The molecule has 10 heteroatoms. The zero-order chi connectivity index (χ0) is 27.1. The highest BCUT2D eigenvalue weighted by Gasteiger charge is 2.48. The molecule has 0 radical (unpaired) electrons. The summed E-state index contributed by atoms with van der Waals surface area (Å²) in [5.74, 6) is -2.51. The molecule has 9 nitrogen and oxygen atoms in total. The number of carbonyl (C=O) groups is 3. The van der Waals surface area contributed by atoms with Crippen molar-refractivity contribution in [2.45, 2.75) is 32.9 Å². The van der Waals surface area contributed by atoms with Gasteiger partial charge in [0, 0.05) is 11.8 Å². The Morgan fingerprint density at radius 1 is 1.05 bits per heavy atom. The van der Waals surface area contributed by atoms with Crippen LogP contribution in [0.25, 0.3) is 16.0 Å². The third-order valence-electron chi connectivity index (χ3n) is 6.05. The van der Waals surface area contributed by atoms with E-state index < -0.39 is 23.7 Å². The highest BCUT2D eigenvalue weighted by atomic mass is 32.1. The molecule has 192 valence electrons. The smallest absolute Gasteiger partial charge is 0.335 e. The van der Waals surface area contributed by atoms with Crippen molar-refractivity contribution in [3.63, 3.8) is 0 Å². The minimum absolute atomic E-state index is 0.0389. The predicted molar refractivity (Wildman–Crippen MR) is 143 cm³/mol. The largest absolute Gasteiger partial charge is 0.507 e. The van der Waals surface area contributed by atoms with Crippen molar-refractivity contribution < 1.29 is 29.3 Å². The Balaban J connectivity index is 1.66. The maximum atomic E-state index is 13.4.